The van der Waals surface area contributed by atoms with Crippen molar-refractivity contribution >= 4 is 5.91 Å². The highest BCUT2D eigenvalue weighted by molar-refractivity contribution is 5.83. The lowest BCUT2D eigenvalue weighted by Gasteiger charge is -2.42. The number of amides is 1. The summed E-state index contributed by atoms with van der Waals surface area (Å²) in [6, 6.07) is 7.49. The number of nitrogens with zero attached hydrogens (tertiary/aromatic N) is 1. The van der Waals surface area contributed by atoms with Crippen LogP contribution in [0, 0.1) is 18.8 Å². The van der Waals surface area contributed by atoms with Gasteiger partial charge in [0.05, 0.1) is 0 Å². The van der Waals surface area contributed by atoms with Crippen molar-refractivity contribution in [3.05, 3.63) is 35.4 Å². The molecule has 3 unspecified atom stereocenters. The van der Waals surface area contributed by atoms with Gasteiger partial charge < -0.3 is 10.6 Å². The van der Waals surface area contributed by atoms with E-state index in [0.29, 0.717) is 5.92 Å². The molecule has 1 aliphatic heterocycles. The molecule has 1 heterocycles. The van der Waals surface area contributed by atoms with Gasteiger partial charge in [0, 0.05) is 13.1 Å². The third-order valence-electron chi connectivity index (χ3n) is 5.31. The van der Waals surface area contributed by atoms with Crippen LogP contribution in [0.15, 0.2) is 24.3 Å². The Morgan fingerprint density at radius 3 is 2.52 bits per heavy atom. The highest BCUT2D eigenvalue weighted by atomic mass is 16.2. The summed E-state index contributed by atoms with van der Waals surface area (Å²) >= 11 is 0. The first-order chi connectivity index (χ1) is 10.1. The molecule has 0 bridgehead atoms. The molecule has 1 aromatic rings. The van der Waals surface area contributed by atoms with E-state index in [-0.39, 0.29) is 5.91 Å². The molecule has 0 spiro atoms. The van der Waals surface area contributed by atoms with Crippen LogP contribution in [-0.4, -0.2) is 23.9 Å². The zero-order chi connectivity index (χ0) is 14.8. The lowest BCUT2D eigenvalue weighted by atomic mass is 9.75. The quantitative estimate of drug-likeness (QED) is 0.908. The molecule has 21 heavy (non-hydrogen) atoms. The Bertz CT molecular complexity index is 496. The van der Waals surface area contributed by atoms with E-state index in [2.05, 4.69) is 0 Å². The monoisotopic (exact) mass is 286 g/mol. The summed E-state index contributed by atoms with van der Waals surface area (Å²) in [6.45, 7) is 3.85. The predicted molar refractivity (Wildman–Crippen MR) is 84.8 cm³/mol. The summed E-state index contributed by atoms with van der Waals surface area (Å²) in [5.74, 6) is 1.66. The molecule has 1 amide bonds. The number of piperidine rings is 1. The summed E-state index contributed by atoms with van der Waals surface area (Å²) in [7, 11) is 0. The molecule has 3 nitrogen and oxygen atoms in total. The Kier molecular flexibility index (Phi) is 4.29. The highest BCUT2D eigenvalue weighted by Gasteiger charge is 2.34. The van der Waals surface area contributed by atoms with E-state index in [4.69, 9.17) is 5.73 Å². The van der Waals surface area contributed by atoms with E-state index in [1.165, 1.54) is 31.2 Å². The van der Waals surface area contributed by atoms with Crippen molar-refractivity contribution in [3.8, 4) is 0 Å². The first kappa shape index (κ1) is 14.6. The fourth-order valence-electron chi connectivity index (χ4n) is 3.91. The van der Waals surface area contributed by atoms with Crippen molar-refractivity contribution in [1.82, 2.24) is 4.90 Å². The molecule has 3 heteroatoms. The molecule has 114 valence electrons. The SMILES string of the molecule is Cc1ccc(C(N)C(=O)N2CCC3CCCCC3C2)cc1. The molecule has 1 saturated heterocycles. The topological polar surface area (TPSA) is 46.3 Å². The zero-order valence-corrected chi connectivity index (χ0v) is 12.9. The minimum Gasteiger partial charge on any atom is -0.341 e. The van der Waals surface area contributed by atoms with E-state index in [9.17, 15) is 4.79 Å². The van der Waals surface area contributed by atoms with Crippen LogP contribution in [0.2, 0.25) is 0 Å². The lowest BCUT2D eigenvalue weighted by molar-refractivity contribution is -0.135. The number of aryl methyl sites for hydroxylation is 1. The van der Waals surface area contributed by atoms with Crippen LogP contribution >= 0.6 is 0 Å². The number of nitrogens with two attached hydrogens (primary N) is 1. The van der Waals surface area contributed by atoms with Gasteiger partial charge in [-0.1, -0.05) is 49.1 Å². The van der Waals surface area contributed by atoms with Crippen LogP contribution in [-0.2, 0) is 4.79 Å². The van der Waals surface area contributed by atoms with E-state index in [1.807, 2.05) is 36.1 Å². The molecule has 3 rings (SSSR count). The van der Waals surface area contributed by atoms with E-state index < -0.39 is 6.04 Å². The first-order valence-corrected chi connectivity index (χ1v) is 8.26. The van der Waals surface area contributed by atoms with Gasteiger partial charge in [0.2, 0.25) is 5.91 Å². The maximum atomic E-state index is 12.7. The molecular formula is C18H26N2O. The van der Waals surface area contributed by atoms with Crippen molar-refractivity contribution in [2.45, 2.75) is 45.1 Å². The van der Waals surface area contributed by atoms with E-state index in [1.54, 1.807) is 0 Å². The van der Waals surface area contributed by atoms with Crippen LogP contribution in [0.1, 0.15) is 49.3 Å². The number of benzene rings is 1. The fourth-order valence-corrected chi connectivity index (χ4v) is 3.91. The second-order valence-electron chi connectivity index (χ2n) is 6.77. The Labute approximate surface area is 127 Å². The normalized spacial score (nSPS) is 27.0. The number of rotatable bonds is 2. The maximum Gasteiger partial charge on any atom is 0.244 e. The standard InChI is InChI=1S/C18H26N2O/c1-13-6-8-15(9-7-13)17(19)18(21)20-11-10-14-4-2-3-5-16(14)12-20/h6-9,14,16-17H,2-5,10-12,19H2,1H3. The Morgan fingerprint density at radius 2 is 1.81 bits per heavy atom. The van der Waals surface area contributed by atoms with Crippen LogP contribution < -0.4 is 5.73 Å². The predicted octanol–water partition coefficient (Wildman–Crippen LogP) is 3.03. The third-order valence-corrected chi connectivity index (χ3v) is 5.31. The molecule has 1 saturated carbocycles. The van der Waals surface area contributed by atoms with Crippen molar-refractivity contribution in [2.75, 3.05) is 13.1 Å². The molecule has 2 aliphatic rings. The number of carbonyl (C=O) groups is 1. The molecule has 0 radical (unpaired) electrons. The van der Waals surface area contributed by atoms with Gasteiger partial charge in [0.15, 0.2) is 0 Å². The van der Waals surface area contributed by atoms with Gasteiger partial charge in [-0.3, -0.25) is 4.79 Å². The van der Waals surface area contributed by atoms with Crippen LogP contribution in [0.5, 0.6) is 0 Å². The first-order valence-electron chi connectivity index (χ1n) is 8.26. The molecule has 0 aromatic heterocycles. The number of carbonyl (C=O) groups excluding carboxylic acids is 1. The fraction of sp³-hybridized carbons (Fsp3) is 0.611. The van der Waals surface area contributed by atoms with Gasteiger partial charge in [-0.05, 0) is 37.2 Å². The van der Waals surface area contributed by atoms with Gasteiger partial charge in [-0.15, -0.1) is 0 Å². The summed E-state index contributed by atoms with van der Waals surface area (Å²) in [5, 5.41) is 0. The van der Waals surface area contributed by atoms with Crippen molar-refractivity contribution < 1.29 is 4.79 Å². The highest BCUT2D eigenvalue weighted by Crippen LogP contribution is 2.36. The Morgan fingerprint density at radius 1 is 1.14 bits per heavy atom. The molecule has 2 fully saturated rings. The minimum atomic E-state index is -0.509. The minimum absolute atomic E-state index is 0.0999. The molecule has 1 aromatic carbocycles. The van der Waals surface area contributed by atoms with Crippen LogP contribution in [0.25, 0.3) is 0 Å². The van der Waals surface area contributed by atoms with Gasteiger partial charge in [-0.25, -0.2) is 0 Å². The maximum absolute atomic E-state index is 12.7. The third kappa shape index (κ3) is 3.13. The van der Waals surface area contributed by atoms with Crippen LogP contribution in [0.4, 0.5) is 0 Å². The average Bonchev–Trinajstić information content (AvgIpc) is 2.54. The van der Waals surface area contributed by atoms with E-state index >= 15 is 0 Å². The second-order valence-corrected chi connectivity index (χ2v) is 6.77. The van der Waals surface area contributed by atoms with Crippen molar-refractivity contribution in [3.63, 3.8) is 0 Å². The number of hydrogen-bond donors (Lipinski definition) is 1. The lowest BCUT2D eigenvalue weighted by Crippen LogP contribution is -2.47. The van der Waals surface area contributed by atoms with E-state index in [0.717, 1.165) is 31.0 Å². The smallest absolute Gasteiger partial charge is 0.244 e. The molecule has 2 N–H and O–H groups in total. The molecule has 1 aliphatic carbocycles. The second kappa shape index (κ2) is 6.18. The summed E-state index contributed by atoms with van der Waals surface area (Å²) in [4.78, 5) is 14.7. The number of fused-ring (bicyclic) bond motifs is 1. The van der Waals surface area contributed by atoms with Gasteiger partial charge in [0.25, 0.3) is 0 Å². The summed E-state index contributed by atoms with van der Waals surface area (Å²) in [6.07, 6.45) is 6.51. The Balaban J connectivity index is 1.66. The van der Waals surface area contributed by atoms with Gasteiger partial charge in [-0.2, -0.15) is 0 Å². The largest absolute Gasteiger partial charge is 0.341 e. The number of hydrogen-bond acceptors (Lipinski definition) is 2. The summed E-state index contributed by atoms with van der Waals surface area (Å²) < 4.78 is 0. The van der Waals surface area contributed by atoms with Gasteiger partial charge in [0.1, 0.15) is 6.04 Å². The molecule has 3 atom stereocenters. The molecular weight excluding hydrogens is 260 g/mol. The Hall–Kier alpha value is -1.35. The van der Waals surface area contributed by atoms with Crippen molar-refractivity contribution in [2.24, 2.45) is 17.6 Å². The van der Waals surface area contributed by atoms with Crippen LogP contribution in [0.3, 0.4) is 0 Å². The average molecular weight is 286 g/mol. The zero-order valence-electron chi connectivity index (χ0n) is 12.9. The summed E-state index contributed by atoms with van der Waals surface area (Å²) in [5.41, 5.74) is 8.32. The van der Waals surface area contributed by atoms with Gasteiger partial charge >= 0.3 is 0 Å². The van der Waals surface area contributed by atoms with Crippen molar-refractivity contribution in [1.29, 1.82) is 0 Å². The number of likely N-dealkylation sites (tertiary alicyclic amines) is 1.